The van der Waals surface area contributed by atoms with E-state index in [9.17, 15) is 18.0 Å². The smallest absolute Gasteiger partial charge is 0.382 e. The van der Waals surface area contributed by atoms with Gasteiger partial charge in [0.15, 0.2) is 0 Å². The van der Waals surface area contributed by atoms with E-state index in [1.165, 1.54) is 0 Å². The first kappa shape index (κ1) is 12.2. The van der Waals surface area contributed by atoms with E-state index < -0.39 is 24.6 Å². The Balaban J connectivity index is 3.41. The van der Waals surface area contributed by atoms with Crippen molar-refractivity contribution in [3.8, 4) is 0 Å². The van der Waals surface area contributed by atoms with E-state index in [-0.39, 0.29) is 13.1 Å². The lowest BCUT2D eigenvalue weighted by molar-refractivity contribution is -0.133. The summed E-state index contributed by atoms with van der Waals surface area (Å²) < 4.78 is 34.6. The molecule has 0 spiro atoms. The van der Waals surface area contributed by atoms with Crippen LogP contribution >= 0.6 is 0 Å². The van der Waals surface area contributed by atoms with Crippen LogP contribution in [0.15, 0.2) is 0 Å². The molecule has 0 aromatic heterocycles. The summed E-state index contributed by atoms with van der Waals surface area (Å²) in [6, 6.07) is 0. The lowest BCUT2D eigenvalue weighted by Gasteiger charge is -2.09. The van der Waals surface area contributed by atoms with Crippen molar-refractivity contribution in [3.63, 3.8) is 0 Å². The lowest BCUT2D eigenvalue weighted by Crippen LogP contribution is -2.38. The molecule has 0 aliphatic heterocycles. The fourth-order valence-corrected chi connectivity index (χ4v) is 0.569. The second kappa shape index (κ2) is 5.03. The number of hydrogen-bond acceptors (Lipinski definition) is 3. The Labute approximate surface area is 72.9 Å². The molecule has 13 heavy (non-hydrogen) atoms. The first-order chi connectivity index (χ1) is 5.83. The van der Waals surface area contributed by atoms with Gasteiger partial charge < -0.3 is 16.2 Å². The van der Waals surface area contributed by atoms with Gasteiger partial charge in [-0.3, -0.25) is 4.79 Å². The highest BCUT2D eigenvalue weighted by Crippen LogP contribution is 2.17. The summed E-state index contributed by atoms with van der Waals surface area (Å²) in [5.74, 6) is -0.959. The maximum Gasteiger partial charge on any atom is 0.390 e. The van der Waals surface area contributed by atoms with Crippen LogP contribution in [0, 0.1) is 0 Å². The van der Waals surface area contributed by atoms with Crippen molar-refractivity contribution >= 4 is 5.91 Å². The molecule has 1 atom stereocenters. The molecule has 0 saturated carbocycles. The molecule has 0 aliphatic rings. The van der Waals surface area contributed by atoms with Gasteiger partial charge in [0.1, 0.15) is 6.10 Å². The minimum Gasteiger partial charge on any atom is -0.382 e. The molecule has 0 heterocycles. The predicted octanol–water partition coefficient (Wildman–Crippen LogP) is -0.625. The largest absolute Gasteiger partial charge is 0.390 e. The summed E-state index contributed by atoms with van der Waals surface area (Å²) in [5.41, 5.74) is 4.65. The van der Waals surface area contributed by atoms with Crippen LogP contribution in [0.2, 0.25) is 0 Å². The zero-order chi connectivity index (χ0) is 10.5. The average molecular weight is 200 g/mol. The summed E-state index contributed by atoms with van der Waals surface area (Å²) in [6.45, 7) is -0.598. The minimum absolute atomic E-state index is 0.259. The number of carbonyl (C=O) groups is 1. The van der Waals surface area contributed by atoms with Crippen molar-refractivity contribution in [3.05, 3.63) is 0 Å². The molecule has 0 saturated heterocycles. The number of hydrogen-bond donors (Lipinski definition) is 3. The number of aliphatic hydroxyl groups is 1. The normalized spacial score (nSPS) is 14.2. The molecule has 0 rings (SSSR count). The van der Waals surface area contributed by atoms with Gasteiger partial charge in [0.25, 0.3) is 0 Å². The number of aliphatic hydroxyl groups excluding tert-OH is 1. The van der Waals surface area contributed by atoms with Gasteiger partial charge >= 0.3 is 6.18 Å². The molecule has 0 aromatic rings. The van der Waals surface area contributed by atoms with Crippen molar-refractivity contribution in [2.24, 2.45) is 5.73 Å². The van der Waals surface area contributed by atoms with Crippen molar-refractivity contribution in [1.29, 1.82) is 0 Å². The highest BCUT2D eigenvalue weighted by Gasteiger charge is 2.26. The van der Waals surface area contributed by atoms with Crippen LogP contribution in [0.5, 0.6) is 0 Å². The molecule has 0 aliphatic carbocycles. The molecule has 4 nitrogen and oxygen atoms in total. The second-order valence-corrected chi connectivity index (χ2v) is 2.49. The van der Waals surface area contributed by atoms with E-state index in [2.05, 4.69) is 11.1 Å². The fraction of sp³-hybridized carbons (Fsp3) is 0.833. The molecule has 4 N–H and O–H groups in total. The molecule has 7 heteroatoms. The van der Waals surface area contributed by atoms with Gasteiger partial charge in [-0.2, -0.15) is 13.2 Å². The van der Waals surface area contributed by atoms with E-state index >= 15 is 0 Å². The maximum atomic E-state index is 11.5. The van der Waals surface area contributed by atoms with Crippen LogP contribution < -0.4 is 11.1 Å². The predicted molar refractivity (Wildman–Crippen MR) is 38.7 cm³/mol. The number of nitrogens with two attached hydrogens (primary N) is 1. The Hall–Kier alpha value is -0.820. The fourth-order valence-electron chi connectivity index (χ4n) is 0.569. The second-order valence-electron chi connectivity index (χ2n) is 2.49. The number of primary amides is 1. The first-order valence-corrected chi connectivity index (χ1v) is 3.58. The summed E-state index contributed by atoms with van der Waals surface area (Å²) >= 11 is 0. The molecule has 0 bridgehead atoms. The van der Waals surface area contributed by atoms with Crippen LogP contribution in [0.1, 0.15) is 6.42 Å². The third-order valence-electron chi connectivity index (χ3n) is 1.25. The Morgan fingerprint density at radius 1 is 1.54 bits per heavy atom. The van der Waals surface area contributed by atoms with E-state index in [0.717, 1.165) is 0 Å². The zero-order valence-corrected chi connectivity index (χ0v) is 6.77. The molecule has 0 aromatic carbocycles. The van der Waals surface area contributed by atoms with Crippen molar-refractivity contribution in [2.45, 2.75) is 18.7 Å². The Morgan fingerprint density at radius 2 is 2.08 bits per heavy atom. The topological polar surface area (TPSA) is 75.4 Å². The zero-order valence-electron chi connectivity index (χ0n) is 6.77. The van der Waals surface area contributed by atoms with Gasteiger partial charge in [-0.15, -0.1) is 0 Å². The van der Waals surface area contributed by atoms with Gasteiger partial charge in [-0.25, -0.2) is 0 Å². The number of alkyl halides is 3. The number of nitrogens with one attached hydrogen (secondary N) is 1. The van der Waals surface area contributed by atoms with Crippen molar-refractivity contribution in [1.82, 2.24) is 5.32 Å². The van der Waals surface area contributed by atoms with Gasteiger partial charge in [-0.1, -0.05) is 0 Å². The standard InChI is InChI=1S/C6H11F3N2O2/c7-6(8,9)1-2-11-3-4(12)5(10)13/h4,11-12H,1-3H2,(H2,10,13). The molecular weight excluding hydrogens is 189 g/mol. The summed E-state index contributed by atoms with van der Waals surface area (Å²) in [6.07, 6.45) is -6.67. The Morgan fingerprint density at radius 3 is 2.46 bits per heavy atom. The monoisotopic (exact) mass is 200 g/mol. The molecule has 0 radical (unpaired) electrons. The molecule has 78 valence electrons. The van der Waals surface area contributed by atoms with Crippen LogP contribution in [0.4, 0.5) is 13.2 Å². The highest BCUT2D eigenvalue weighted by molar-refractivity contribution is 5.78. The molecule has 1 amide bonds. The quantitative estimate of drug-likeness (QED) is 0.517. The molecular formula is C6H11F3N2O2. The van der Waals surface area contributed by atoms with Crippen LogP contribution in [-0.2, 0) is 4.79 Å². The van der Waals surface area contributed by atoms with Gasteiger partial charge in [-0.05, 0) is 0 Å². The highest BCUT2D eigenvalue weighted by atomic mass is 19.4. The SMILES string of the molecule is NC(=O)C(O)CNCCC(F)(F)F. The van der Waals surface area contributed by atoms with Gasteiger partial charge in [0.05, 0.1) is 6.42 Å². The van der Waals surface area contributed by atoms with Crippen LogP contribution in [0.25, 0.3) is 0 Å². The molecule has 1 unspecified atom stereocenters. The maximum absolute atomic E-state index is 11.5. The van der Waals surface area contributed by atoms with E-state index in [1.54, 1.807) is 0 Å². The van der Waals surface area contributed by atoms with Crippen molar-refractivity contribution < 1.29 is 23.1 Å². The van der Waals surface area contributed by atoms with E-state index in [1.807, 2.05) is 0 Å². The minimum atomic E-state index is -4.23. The van der Waals surface area contributed by atoms with E-state index in [4.69, 9.17) is 5.11 Å². The van der Waals surface area contributed by atoms with Crippen LogP contribution in [0.3, 0.4) is 0 Å². The Kier molecular flexibility index (Phi) is 4.71. The van der Waals surface area contributed by atoms with Gasteiger partial charge in [0, 0.05) is 13.1 Å². The third kappa shape index (κ3) is 7.54. The summed E-state index contributed by atoms with van der Waals surface area (Å²) in [4.78, 5) is 10.2. The van der Waals surface area contributed by atoms with Gasteiger partial charge in [0.2, 0.25) is 5.91 Å². The van der Waals surface area contributed by atoms with Crippen LogP contribution in [-0.4, -0.2) is 36.4 Å². The number of halogens is 3. The Bertz CT molecular complexity index is 172. The summed E-state index contributed by atoms with van der Waals surface area (Å²) in [7, 11) is 0. The van der Waals surface area contributed by atoms with Crippen molar-refractivity contribution in [2.75, 3.05) is 13.1 Å². The number of carbonyl (C=O) groups excluding carboxylic acids is 1. The molecule has 0 fully saturated rings. The summed E-state index contributed by atoms with van der Waals surface area (Å²) in [5, 5.41) is 11.0. The number of amides is 1. The average Bonchev–Trinajstić information content (AvgIpc) is 1.95. The number of rotatable bonds is 5. The third-order valence-corrected chi connectivity index (χ3v) is 1.25. The first-order valence-electron chi connectivity index (χ1n) is 3.58. The lowest BCUT2D eigenvalue weighted by atomic mass is 10.3. The van der Waals surface area contributed by atoms with E-state index in [0.29, 0.717) is 0 Å².